The average molecular weight is 425 g/mol. The van der Waals surface area contributed by atoms with E-state index in [0.29, 0.717) is 23.8 Å². The first kappa shape index (κ1) is 21.9. The number of thioether (sulfide) groups is 1. The van der Waals surface area contributed by atoms with Crippen molar-refractivity contribution in [3.8, 4) is 17.1 Å². The molecule has 1 N–H and O–H groups in total. The monoisotopic (exact) mass is 424 g/mol. The largest absolute Gasteiger partial charge is 0.497 e. The summed E-state index contributed by atoms with van der Waals surface area (Å²) in [4.78, 5) is 12.6. The van der Waals surface area contributed by atoms with Crippen molar-refractivity contribution in [2.75, 3.05) is 13.7 Å². The molecule has 0 unspecified atom stereocenters. The summed E-state index contributed by atoms with van der Waals surface area (Å²) in [6, 6.07) is 15.5. The van der Waals surface area contributed by atoms with E-state index in [1.54, 1.807) is 18.9 Å². The molecule has 30 heavy (non-hydrogen) atoms. The number of amides is 1. The van der Waals surface area contributed by atoms with Crippen LogP contribution in [0, 0.1) is 5.92 Å². The third-order valence-corrected chi connectivity index (χ3v) is 5.67. The lowest BCUT2D eigenvalue weighted by molar-refractivity contribution is 0.0948. The SMILES string of the molecule is CCn1c(SCc2ccccc2C(=O)NCC(C)C)nnc1-c1cccc(OC)c1. The summed E-state index contributed by atoms with van der Waals surface area (Å²) in [5.74, 6) is 2.61. The van der Waals surface area contributed by atoms with Crippen LogP contribution in [0.1, 0.15) is 36.7 Å². The van der Waals surface area contributed by atoms with Gasteiger partial charge in [-0.3, -0.25) is 4.79 Å². The molecular formula is C23H28N4O2S. The number of rotatable bonds is 9. The molecule has 1 amide bonds. The zero-order valence-corrected chi connectivity index (χ0v) is 18.7. The quantitative estimate of drug-likeness (QED) is 0.506. The van der Waals surface area contributed by atoms with Gasteiger partial charge in [-0.1, -0.05) is 55.9 Å². The van der Waals surface area contributed by atoms with Crippen LogP contribution in [0.3, 0.4) is 0 Å². The maximum atomic E-state index is 12.6. The first-order valence-corrected chi connectivity index (χ1v) is 11.1. The predicted octanol–water partition coefficient (Wildman–Crippen LogP) is 4.65. The van der Waals surface area contributed by atoms with Gasteiger partial charge in [0.2, 0.25) is 0 Å². The van der Waals surface area contributed by atoms with E-state index in [-0.39, 0.29) is 5.91 Å². The van der Waals surface area contributed by atoms with Crippen LogP contribution in [-0.4, -0.2) is 34.3 Å². The van der Waals surface area contributed by atoms with Gasteiger partial charge in [0.1, 0.15) is 5.75 Å². The average Bonchev–Trinajstić information content (AvgIpc) is 3.19. The van der Waals surface area contributed by atoms with Gasteiger partial charge in [0.15, 0.2) is 11.0 Å². The number of nitrogens with one attached hydrogen (secondary N) is 1. The summed E-state index contributed by atoms with van der Waals surface area (Å²) in [6.07, 6.45) is 0. The molecule has 7 heteroatoms. The van der Waals surface area contributed by atoms with Crippen LogP contribution in [0.5, 0.6) is 5.75 Å². The minimum absolute atomic E-state index is 0.0334. The maximum absolute atomic E-state index is 12.6. The van der Waals surface area contributed by atoms with Crippen LogP contribution >= 0.6 is 11.8 Å². The van der Waals surface area contributed by atoms with Crippen LogP contribution in [0.4, 0.5) is 0 Å². The fourth-order valence-electron chi connectivity index (χ4n) is 3.06. The fourth-order valence-corrected chi connectivity index (χ4v) is 4.06. The van der Waals surface area contributed by atoms with E-state index in [1.165, 1.54) is 0 Å². The molecule has 0 aliphatic rings. The van der Waals surface area contributed by atoms with E-state index < -0.39 is 0 Å². The number of methoxy groups -OCH3 is 1. The Morgan fingerprint density at radius 3 is 2.70 bits per heavy atom. The van der Waals surface area contributed by atoms with E-state index >= 15 is 0 Å². The molecule has 158 valence electrons. The Balaban J connectivity index is 1.79. The fraction of sp³-hybridized carbons (Fsp3) is 0.348. The molecule has 0 spiro atoms. The molecule has 1 heterocycles. The van der Waals surface area contributed by atoms with Crippen molar-refractivity contribution < 1.29 is 9.53 Å². The number of nitrogens with zero attached hydrogens (tertiary/aromatic N) is 3. The summed E-state index contributed by atoms with van der Waals surface area (Å²) >= 11 is 1.58. The van der Waals surface area contributed by atoms with Crippen molar-refractivity contribution in [2.45, 2.75) is 38.2 Å². The molecule has 0 aliphatic carbocycles. The first-order chi connectivity index (χ1) is 14.5. The van der Waals surface area contributed by atoms with Gasteiger partial charge in [0.25, 0.3) is 5.91 Å². The second kappa shape index (κ2) is 10.3. The minimum Gasteiger partial charge on any atom is -0.497 e. The lowest BCUT2D eigenvalue weighted by Crippen LogP contribution is -2.28. The molecule has 6 nitrogen and oxygen atoms in total. The Bertz CT molecular complexity index is 1000. The molecule has 3 rings (SSSR count). The summed E-state index contributed by atoms with van der Waals surface area (Å²) in [6.45, 7) is 7.65. The predicted molar refractivity (Wildman–Crippen MR) is 121 cm³/mol. The molecule has 0 saturated carbocycles. The number of hydrogen-bond acceptors (Lipinski definition) is 5. The van der Waals surface area contributed by atoms with Gasteiger partial charge in [-0.05, 0) is 36.6 Å². The van der Waals surface area contributed by atoms with E-state index in [4.69, 9.17) is 4.74 Å². The zero-order chi connectivity index (χ0) is 21.5. The Labute approximate surface area is 182 Å². The number of aromatic nitrogens is 3. The Hall–Kier alpha value is -2.80. The lowest BCUT2D eigenvalue weighted by atomic mass is 10.1. The standard InChI is InChI=1S/C23H28N4O2S/c1-5-27-21(17-10-8-11-19(13-17)29-4)25-26-23(27)30-15-18-9-6-7-12-20(18)22(28)24-14-16(2)3/h6-13,16H,5,14-15H2,1-4H3,(H,24,28). The van der Waals surface area contributed by atoms with E-state index in [1.807, 2.05) is 48.5 Å². The summed E-state index contributed by atoms with van der Waals surface area (Å²) < 4.78 is 7.42. The van der Waals surface area contributed by atoms with Gasteiger partial charge < -0.3 is 14.6 Å². The summed E-state index contributed by atoms with van der Waals surface area (Å²) in [5.41, 5.74) is 2.66. The second-order valence-corrected chi connectivity index (χ2v) is 8.27. The lowest BCUT2D eigenvalue weighted by Gasteiger charge is -2.12. The molecule has 0 aliphatic heterocycles. The van der Waals surface area contributed by atoms with Crippen LogP contribution < -0.4 is 10.1 Å². The normalized spacial score (nSPS) is 11.0. The number of carbonyl (C=O) groups excluding carboxylic acids is 1. The van der Waals surface area contributed by atoms with Gasteiger partial charge >= 0.3 is 0 Å². The van der Waals surface area contributed by atoms with Gasteiger partial charge in [0, 0.05) is 30.0 Å². The van der Waals surface area contributed by atoms with Gasteiger partial charge in [0.05, 0.1) is 7.11 Å². The number of carbonyl (C=O) groups is 1. The van der Waals surface area contributed by atoms with E-state index in [2.05, 4.69) is 40.9 Å². The smallest absolute Gasteiger partial charge is 0.251 e. The maximum Gasteiger partial charge on any atom is 0.251 e. The van der Waals surface area contributed by atoms with Crippen LogP contribution in [0.15, 0.2) is 53.7 Å². The molecule has 0 bridgehead atoms. The van der Waals surface area contributed by atoms with Crippen molar-refractivity contribution in [1.82, 2.24) is 20.1 Å². The Morgan fingerprint density at radius 1 is 1.17 bits per heavy atom. The van der Waals surface area contributed by atoms with Crippen molar-refractivity contribution in [3.63, 3.8) is 0 Å². The molecule has 0 fully saturated rings. The number of ether oxygens (including phenoxy) is 1. The Morgan fingerprint density at radius 2 is 1.97 bits per heavy atom. The van der Waals surface area contributed by atoms with E-state index in [0.717, 1.165) is 34.4 Å². The van der Waals surface area contributed by atoms with Crippen molar-refractivity contribution in [2.24, 2.45) is 5.92 Å². The van der Waals surface area contributed by atoms with Crippen molar-refractivity contribution >= 4 is 17.7 Å². The second-order valence-electron chi connectivity index (χ2n) is 7.33. The highest BCUT2D eigenvalue weighted by atomic mass is 32.2. The molecule has 0 radical (unpaired) electrons. The first-order valence-electron chi connectivity index (χ1n) is 10.1. The van der Waals surface area contributed by atoms with Crippen LogP contribution in [0.2, 0.25) is 0 Å². The van der Waals surface area contributed by atoms with Crippen molar-refractivity contribution in [3.05, 3.63) is 59.7 Å². The van der Waals surface area contributed by atoms with Crippen LogP contribution in [-0.2, 0) is 12.3 Å². The number of hydrogen-bond donors (Lipinski definition) is 1. The highest BCUT2D eigenvalue weighted by Gasteiger charge is 2.16. The third-order valence-electron chi connectivity index (χ3n) is 4.65. The zero-order valence-electron chi connectivity index (χ0n) is 17.9. The molecule has 3 aromatic rings. The van der Waals surface area contributed by atoms with E-state index in [9.17, 15) is 4.79 Å². The topological polar surface area (TPSA) is 69.0 Å². The van der Waals surface area contributed by atoms with Gasteiger partial charge in [-0.25, -0.2) is 0 Å². The molecular weight excluding hydrogens is 396 g/mol. The highest BCUT2D eigenvalue weighted by molar-refractivity contribution is 7.98. The van der Waals surface area contributed by atoms with Gasteiger partial charge in [-0.2, -0.15) is 0 Å². The van der Waals surface area contributed by atoms with Crippen LogP contribution in [0.25, 0.3) is 11.4 Å². The summed E-state index contributed by atoms with van der Waals surface area (Å²) in [7, 11) is 1.65. The molecule has 1 aromatic heterocycles. The molecule has 0 saturated heterocycles. The molecule has 2 aromatic carbocycles. The van der Waals surface area contributed by atoms with Gasteiger partial charge in [-0.15, -0.1) is 10.2 Å². The number of benzene rings is 2. The summed E-state index contributed by atoms with van der Waals surface area (Å²) in [5, 5.41) is 12.6. The minimum atomic E-state index is -0.0334. The van der Waals surface area contributed by atoms with Crippen molar-refractivity contribution in [1.29, 1.82) is 0 Å². The Kier molecular flexibility index (Phi) is 7.52. The molecule has 0 atom stereocenters. The third kappa shape index (κ3) is 5.21. The highest BCUT2D eigenvalue weighted by Crippen LogP contribution is 2.28.